The maximum Gasteiger partial charge on any atom is 0.305 e. The lowest BCUT2D eigenvalue weighted by Gasteiger charge is -2.46. The minimum atomic E-state index is -0.472. The van der Waals surface area contributed by atoms with E-state index >= 15 is 0 Å². The van der Waals surface area contributed by atoms with E-state index in [-0.39, 0.29) is 29.7 Å². The second kappa shape index (κ2) is 12.9. The molecule has 0 N–H and O–H groups in total. The van der Waals surface area contributed by atoms with Gasteiger partial charge in [-0.1, -0.05) is 27.7 Å². The second-order valence-corrected chi connectivity index (χ2v) is 9.60. The highest BCUT2D eigenvalue weighted by Gasteiger charge is 2.43. The fourth-order valence-corrected chi connectivity index (χ4v) is 2.56. The monoisotopic (exact) mass is 418 g/mol. The predicted octanol–water partition coefficient (Wildman–Crippen LogP) is 4.63. The Morgan fingerprint density at radius 2 is 1.48 bits per heavy atom. The number of carbonyl (C=O) groups excluding carboxylic acids is 1. The summed E-state index contributed by atoms with van der Waals surface area (Å²) in [4.78, 5) is 11.2. The van der Waals surface area contributed by atoms with Gasteiger partial charge in [0.2, 0.25) is 0 Å². The van der Waals surface area contributed by atoms with Gasteiger partial charge in [-0.3, -0.25) is 4.79 Å². The molecule has 0 spiro atoms. The van der Waals surface area contributed by atoms with Crippen molar-refractivity contribution < 1.29 is 28.5 Å². The Balaban J connectivity index is 4.46. The normalized spacial score (nSPS) is 14.3. The maximum atomic E-state index is 11.2. The molecule has 0 saturated heterocycles. The molecule has 0 saturated carbocycles. The summed E-state index contributed by atoms with van der Waals surface area (Å²) < 4.78 is 28.6. The van der Waals surface area contributed by atoms with Crippen LogP contribution < -0.4 is 0 Å². The minimum absolute atomic E-state index is 0.112. The molecule has 0 aromatic heterocycles. The number of ether oxygens (including phenoxy) is 5. The fourth-order valence-electron chi connectivity index (χ4n) is 2.56. The van der Waals surface area contributed by atoms with Crippen molar-refractivity contribution in [3.05, 3.63) is 0 Å². The van der Waals surface area contributed by atoms with Gasteiger partial charge in [-0.2, -0.15) is 0 Å². The number of hydrogen-bond donors (Lipinski definition) is 0. The summed E-state index contributed by atoms with van der Waals surface area (Å²) in [6.07, 6.45) is 0.603. The van der Waals surface area contributed by atoms with Gasteiger partial charge >= 0.3 is 5.97 Å². The van der Waals surface area contributed by atoms with Gasteiger partial charge in [-0.15, -0.1) is 0 Å². The van der Waals surface area contributed by atoms with Gasteiger partial charge in [0, 0.05) is 13.0 Å². The van der Waals surface area contributed by atoms with Gasteiger partial charge in [0.15, 0.2) is 0 Å². The van der Waals surface area contributed by atoms with Crippen molar-refractivity contribution in [3.8, 4) is 0 Å². The Kier molecular flexibility index (Phi) is 12.6. The van der Waals surface area contributed by atoms with E-state index in [0.717, 1.165) is 0 Å². The Morgan fingerprint density at radius 3 is 2.03 bits per heavy atom. The molecule has 0 rings (SSSR count). The Hall–Kier alpha value is -0.690. The summed E-state index contributed by atoms with van der Waals surface area (Å²) in [6, 6.07) is 0. The van der Waals surface area contributed by atoms with Crippen LogP contribution in [0.4, 0.5) is 0 Å². The summed E-state index contributed by atoms with van der Waals surface area (Å²) in [5.74, 6) is 0.0894. The predicted molar refractivity (Wildman–Crippen MR) is 116 cm³/mol. The van der Waals surface area contributed by atoms with E-state index < -0.39 is 5.60 Å². The number of esters is 1. The first-order valence-electron chi connectivity index (χ1n) is 10.9. The zero-order valence-corrected chi connectivity index (χ0v) is 20.6. The highest BCUT2D eigenvalue weighted by Crippen LogP contribution is 2.41. The van der Waals surface area contributed by atoms with Gasteiger partial charge in [-0.25, -0.2) is 0 Å². The van der Waals surface area contributed by atoms with Crippen molar-refractivity contribution in [2.24, 2.45) is 11.3 Å². The first kappa shape index (κ1) is 28.3. The SMILES string of the molecule is CCC(=O)OCCOC(C)(C)COC(C)(C)C(C)(C)C(C)COCCOC(C)C. The molecular formula is C23H46O6. The van der Waals surface area contributed by atoms with E-state index in [1.165, 1.54) is 0 Å². The Morgan fingerprint density at radius 1 is 0.862 bits per heavy atom. The fraction of sp³-hybridized carbons (Fsp3) is 0.957. The molecule has 1 atom stereocenters. The van der Waals surface area contributed by atoms with Crippen molar-refractivity contribution in [1.82, 2.24) is 0 Å². The molecule has 0 aliphatic heterocycles. The Labute approximate surface area is 178 Å². The van der Waals surface area contributed by atoms with Gasteiger partial charge < -0.3 is 23.7 Å². The van der Waals surface area contributed by atoms with Crippen LogP contribution in [0.2, 0.25) is 0 Å². The van der Waals surface area contributed by atoms with Gasteiger partial charge in [0.05, 0.1) is 43.7 Å². The molecule has 6 nitrogen and oxygen atoms in total. The van der Waals surface area contributed by atoms with Crippen LogP contribution in [0, 0.1) is 11.3 Å². The van der Waals surface area contributed by atoms with Crippen molar-refractivity contribution in [2.75, 3.05) is 39.6 Å². The molecule has 29 heavy (non-hydrogen) atoms. The summed E-state index contributed by atoms with van der Waals surface area (Å²) in [7, 11) is 0. The minimum Gasteiger partial charge on any atom is -0.463 e. The zero-order chi connectivity index (χ0) is 22.7. The summed E-state index contributed by atoms with van der Waals surface area (Å²) in [6.45, 7) is 23.6. The van der Waals surface area contributed by atoms with Crippen LogP contribution >= 0.6 is 0 Å². The molecule has 0 fully saturated rings. The zero-order valence-electron chi connectivity index (χ0n) is 20.6. The third-order valence-electron chi connectivity index (χ3n) is 5.74. The average Bonchev–Trinajstić information content (AvgIpc) is 2.62. The standard InChI is InChI=1S/C23H46O6/c1-11-20(24)27-14-15-28-21(5,6)17-29-23(9,10)22(7,8)19(4)16-25-12-13-26-18(2)3/h18-19H,11-17H2,1-10H3. The molecule has 0 aromatic rings. The van der Waals surface area contributed by atoms with Crippen molar-refractivity contribution in [1.29, 1.82) is 0 Å². The van der Waals surface area contributed by atoms with Crippen molar-refractivity contribution in [2.45, 2.75) is 93.0 Å². The molecule has 0 aromatic carbocycles. The molecule has 0 heterocycles. The third kappa shape index (κ3) is 11.3. The van der Waals surface area contributed by atoms with Crippen LogP contribution in [0.25, 0.3) is 0 Å². The molecule has 0 bridgehead atoms. The van der Waals surface area contributed by atoms with E-state index in [9.17, 15) is 4.79 Å². The van der Waals surface area contributed by atoms with E-state index in [2.05, 4.69) is 34.6 Å². The topological polar surface area (TPSA) is 63.2 Å². The first-order chi connectivity index (χ1) is 13.2. The highest BCUT2D eigenvalue weighted by atomic mass is 16.6. The highest BCUT2D eigenvalue weighted by molar-refractivity contribution is 5.68. The average molecular weight is 419 g/mol. The van der Waals surface area contributed by atoms with Crippen molar-refractivity contribution in [3.63, 3.8) is 0 Å². The van der Waals surface area contributed by atoms with E-state index in [4.69, 9.17) is 23.7 Å². The van der Waals surface area contributed by atoms with Gasteiger partial charge in [0.25, 0.3) is 0 Å². The second-order valence-electron chi connectivity index (χ2n) is 9.60. The quantitative estimate of drug-likeness (QED) is 0.269. The summed E-state index contributed by atoms with van der Waals surface area (Å²) >= 11 is 0. The van der Waals surface area contributed by atoms with Crippen LogP contribution in [0.1, 0.15) is 75.7 Å². The van der Waals surface area contributed by atoms with Gasteiger partial charge in [-0.05, 0) is 52.9 Å². The van der Waals surface area contributed by atoms with Crippen LogP contribution in [0.15, 0.2) is 0 Å². The van der Waals surface area contributed by atoms with Crippen LogP contribution in [-0.4, -0.2) is 62.9 Å². The Bertz CT molecular complexity index is 456. The van der Waals surface area contributed by atoms with E-state index in [0.29, 0.717) is 45.4 Å². The molecular weight excluding hydrogens is 372 g/mol. The largest absolute Gasteiger partial charge is 0.463 e. The van der Waals surface area contributed by atoms with E-state index in [1.807, 2.05) is 27.7 Å². The summed E-state index contributed by atoms with van der Waals surface area (Å²) in [5, 5.41) is 0. The molecule has 0 radical (unpaired) electrons. The lowest BCUT2D eigenvalue weighted by molar-refractivity contribution is -0.176. The number of hydrogen-bond acceptors (Lipinski definition) is 6. The molecule has 1 unspecified atom stereocenters. The lowest BCUT2D eigenvalue weighted by atomic mass is 9.68. The molecule has 6 heteroatoms. The van der Waals surface area contributed by atoms with E-state index in [1.54, 1.807) is 6.92 Å². The molecule has 0 amide bonds. The molecule has 0 aliphatic carbocycles. The van der Waals surface area contributed by atoms with Crippen LogP contribution in [-0.2, 0) is 28.5 Å². The summed E-state index contributed by atoms with van der Waals surface area (Å²) in [5.41, 5.74) is -0.960. The number of rotatable bonds is 16. The number of carbonyl (C=O) groups is 1. The first-order valence-corrected chi connectivity index (χ1v) is 10.9. The lowest BCUT2D eigenvalue weighted by Crippen LogP contribution is -2.49. The van der Waals surface area contributed by atoms with Crippen LogP contribution in [0.3, 0.4) is 0 Å². The van der Waals surface area contributed by atoms with Crippen LogP contribution in [0.5, 0.6) is 0 Å². The third-order valence-corrected chi connectivity index (χ3v) is 5.74. The van der Waals surface area contributed by atoms with Gasteiger partial charge in [0.1, 0.15) is 6.61 Å². The molecule has 0 aliphatic rings. The van der Waals surface area contributed by atoms with Crippen molar-refractivity contribution >= 4 is 5.97 Å². The maximum absolute atomic E-state index is 11.2. The molecule has 174 valence electrons. The smallest absolute Gasteiger partial charge is 0.305 e.